The minimum absolute atomic E-state index is 0.0751. The van der Waals surface area contributed by atoms with Crippen LogP contribution < -0.4 is 0 Å². The number of allylic oxidation sites excluding steroid dienone is 6. The molecule has 0 radical (unpaired) electrons. The number of unbranched alkanes of at least 4 members (excludes halogenated alkanes) is 33. The summed E-state index contributed by atoms with van der Waals surface area (Å²) in [7, 11) is 0. The Morgan fingerprint density at radius 1 is 0.317 bits per heavy atom. The summed E-state index contributed by atoms with van der Waals surface area (Å²) in [5.74, 6) is -0.880. The van der Waals surface area contributed by atoms with Crippen LogP contribution in [-0.4, -0.2) is 37.2 Å². The monoisotopic (exact) mass is 885 g/mol. The van der Waals surface area contributed by atoms with Gasteiger partial charge in [-0.2, -0.15) is 0 Å². The molecular weight excluding hydrogens is 781 g/mol. The molecule has 0 saturated carbocycles. The minimum atomic E-state index is -0.776. The molecule has 6 heteroatoms. The van der Waals surface area contributed by atoms with Crippen LogP contribution in [0.15, 0.2) is 36.5 Å². The average molecular weight is 885 g/mol. The van der Waals surface area contributed by atoms with Gasteiger partial charge in [0.2, 0.25) is 0 Å². The zero-order chi connectivity index (χ0) is 45.8. The highest BCUT2D eigenvalue weighted by Gasteiger charge is 2.19. The van der Waals surface area contributed by atoms with E-state index in [1.165, 1.54) is 173 Å². The van der Waals surface area contributed by atoms with Crippen LogP contribution in [-0.2, 0) is 28.6 Å². The predicted molar refractivity (Wildman–Crippen MR) is 270 cm³/mol. The summed E-state index contributed by atoms with van der Waals surface area (Å²) >= 11 is 0. The van der Waals surface area contributed by atoms with Gasteiger partial charge in [0.25, 0.3) is 0 Å². The molecule has 63 heavy (non-hydrogen) atoms. The van der Waals surface area contributed by atoms with Gasteiger partial charge in [0.15, 0.2) is 6.10 Å². The molecule has 0 aromatic rings. The lowest BCUT2D eigenvalue weighted by Gasteiger charge is -2.18. The molecule has 0 saturated heterocycles. The third-order valence-electron chi connectivity index (χ3n) is 12.1. The average Bonchev–Trinajstić information content (AvgIpc) is 3.28. The number of rotatable bonds is 50. The quantitative estimate of drug-likeness (QED) is 0.0262. The zero-order valence-electron chi connectivity index (χ0n) is 42.1. The number of hydrogen-bond donors (Lipinski definition) is 0. The van der Waals surface area contributed by atoms with Crippen molar-refractivity contribution in [3.63, 3.8) is 0 Å². The van der Waals surface area contributed by atoms with Gasteiger partial charge in [-0.25, -0.2) is 0 Å². The second-order valence-corrected chi connectivity index (χ2v) is 18.5. The fraction of sp³-hybridized carbons (Fsp3) is 0.842. The van der Waals surface area contributed by atoms with E-state index in [4.69, 9.17) is 14.2 Å². The first-order chi connectivity index (χ1) is 31.0. The third-order valence-corrected chi connectivity index (χ3v) is 12.1. The van der Waals surface area contributed by atoms with Gasteiger partial charge >= 0.3 is 17.9 Å². The molecule has 0 fully saturated rings. The molecule has 6 nitrogen and oxygen atoms in total. The molecule has 1 atom stereocenters. The smallest absolute Gasteiger partial charge is 0.306 e. The van der Waals surface area contributed by atoms with Gasteiger partial charge in [-0.05, 0) is 77.0 Å². The summed E-state index contributed by atoms with van der Waals surface area (Å²) in [5.41, 5.74) is 0. The molecule has 0 unspecified atom stereocenters. The van der Waals surface area contributed by atoms with Crippen molar-refractivity contribution >= 4 is 17.9 Å². The van der Waals surface area contributed by atoms with Gasteiger partial charge in [0.05, 0.1) is 0 Å². The zero-order valence-corrected chi connectivity index (χ0v) is 42.1. The Kier molecular flexibility index (Phi) is 50.3. The van der Waals surface area contributed by atoms with E-state index in [-0.39, 0.29) is 31.1 Å². The van der Waals surface area contributed by atoms with Crippen molar-refractivity contribution in [1.82, 2.24) is 0 Å². The van der Waals surface area contributed by atoms with Crippen molar-refractivity contribution in [2.75, 3.05) is 13.2 Å². The van der Waals surface area contributed by atoms with Crippen LogP contribution in [0, 0.1) is 0 Å². The summed E-state index contributed by atoms with van der Waals surface area (Å²) in [6.45, 7) is 6.62. The third kappa shape index (κ3) is 50.5. The molecule has 368 valence electrons. The molecule has 0 aliphatic rings. The Hall–Kier alpha value is -2.37. The van der Waals surface area contributed by atoms with Crippen molar-refractivity contribution in [2.24, 2.45) is 0 Å². The van der Waals surface area contributed by atoms with E-state index in [0.717, 1.165) is 77.0 Å². The first-order valence-electron chi connectivity index (χ1n) is 27.5. The molecule has 0 amide bonds. The molecule has 0 N–H and O–H groups in total. The molecular formula is C57H104O6. The molecule has 0 aliphatic carbocycles. The normalized spacial score (nSPS) is 12.2. The second-order valence-electron chi connectivity index (χ2n) is 18.5. The van der Waals surface area contributed by atoms with Gasteiger partial charge in [-0.15, -0.1) is 0 Å². The van der Waals surface area contributed by atoms with Crippen LogP contribution in [0.4, 0.5) is 0 Å². The van der Waals surface area contributed by atoms with E-state index in [0.29, 0.717) is 19.3 Å². The summed E-state index contributed by atoms with van der Waals surface area (Å²) in [5, 5.41) is 0. The van der Waals surface area contributed by atoms with Gasteiger partial charge in [0, 0.05) is 19.3 Å². The maximum absolute atomic E-state index is 12.8. The molecule has 0 spiro atoms. The maximum Gasteiger partial charge on any atom is 0.306 e. The van der Waals surface area contributed by atoms with E-state index in [1.807, 2.05) is 0 Å². The van der Waals surface area contributed by atoms with Crippen molar-refractivity contribution in [1.29, 1.82) is 0 Å². The Balaban J connectivity index is 4.37. The van der Waals surface area contributed by atoms with Crippen LogP contribution >= 0.6 is 0 Å². The fourth-order valence-electron chi connectivity index (χ4n) is 7.94. The van der Waals surface area contributed by atoms with Crippen LogP contribution in [0.1, 0.15) is 290 Å². The number of carbonyl (C=O) groups excluding carboxylic acids is 3. The van der Waals surface area contributed by atoms with E-state index in [9.17, 15) is 14.4 Å². The number of esters is 3. The first kappa shape index (κ1) is 60.6. The Morgan fingerprint density at radius 2 is 0.571 bits per heavy atom. The maximum atomic E-state index is 12.8. The highest BCUT2D eigenvalue weighted by molar-refractivity contribution is 5.71. The number of hydrogen-bond acceptors (Lipinski definition) is 6. The van der Waals surface area contributed by atoms with Crippen molar-refractivity contribution in [3.05, 3.63) is 36.5 Å². The lowest BCUT2D eigenvalue weighted by molar-refractivity contribution is -0.167. The van der Waals surface area contributed by atoms with Crippen molar-refractivity contribution < 1.29 is 28.6 Å². The van der Waals surface area contributed by atoms with E-state index in [1.54, 1.807) is 0 Å². The summed E-state index contributed by atoms with van der Waals surface area (Å²) in [6.07, 6.45) is 61.2. The van der Waals surface area contributed by atoms with E-state index in [2.05, 4.69) is 57.2 Å². The highest BCUT2D eigenvalue weighted by Crippen LogP contribution is 2.16. The largest absolute Gasteiger partial charge is 0.462 e. The minimum Gasteiger partial charge on any atom is -0.462 e. The van der Waals surface area contributed by atoms with Crippen LogP contribution in [0.3, 0.4) is 0 Å². The fourth-order valence-corrected chi connectivity index (χ4v) is 7.94. The van der Waals surface area contributed by atoms with Crippen molar-refractivity contribution in [2.45, 2.75) is 297 Å². The highest BCUT2D eigenvalue weighted by atomic mass is 16.6. The van der Waals surface area contributed by atoms with Gasteiger partial charge in [-0.3, -0.25) is 14.4 Å². The molecule has 0 bridgehead atoms. The summed E-state index contributed by atoms with van der Waals surface area (Å²) in [6, 6.07) is 0. The topological polar surface area (TPSA) is 78.9 Å². The molecule has 0 rings (SSSR count). The molecule has 0 aromatic carbocycles. The summed E-state index contributed by atoms with van der Waals surface area (Å²) < 4.78 is 16.8. The first-order valence-corrected chi connectivity index (χ1v) is 27.5. The lowest BCUT2D eigenvalue weighted by Crippen LogP contribution is -2.30. The van der Waals surface area contributed by atoms with E-state index >= 15 is 0 Å². The predicted octanol–water partition coefficient (Wildman–Crippen LogP) is 18.1. The van der Waals surface area contributed by atoms with Crippen LogP contribution in [0.25, 0.3) is 0 Å². The SMILES string of the molecule is CCCCC/C=C\C/C=C\CCCCCCCC(=O)OC[C@H](COC(=O)CCCCCCCCCCCCCCCCC)OC(=O)CCCCCCCCC/C=C\CCCCCC. The van der Waals surface area contributed by atoms with Gasteiger partial charge in [0.1, 0.15) is 13.2 Å². The number of ether oxygens (including phenoxy) is 3. The molecule has 0 aliphatic heterocycles. The Morgan fingerprint density at radius 3 is 0.937 bits per heavy atom. The van der Waals surface area contributed by atoms with E-state index < -0.39 is 6.10 Å². The van der Waals surface area contributed by atoms with Gasteiger partial charge < -0.3 is 14.2 Å². The van der Waals surface area contributed by atoms with Gasteiger partial charge in [-0.1, -0.05) is 231 Å². The molecule has 0 heterocycles. The van der Waals surface area contributed by atoms with Crippen LogP contribution in [0.5, 0.6) is 0 Å². The number of carbonyl (C=O) groups is 3. The Bertz CT molecular complexity index is 1060. The second kappa shape index (κ2) is 52.3. The molecule has 0 aromatic heterocycles. The lowest BCUT2D eigenvalue weighted by atomic mass is 10.0. The standard InChI is InChI=1S/C57H104O6/c1-4-7-10-13-16-19-22-25-28-31-34-37-40-43-46-49-55(58)61-52-54(63-57(60)51-48-45-42-39-36-33-30-27-24-21-18-15-12-9-6-3)53-62-56(59)50-47-44-41-38-35-32-29-26-23-20-17-14-11-8-5-2/h16,19,21,24-25,28,54H,4-15,17-18,20,22-23,26-27,29-53H2,1-3H3/b19-16-,24-21-,28-25-/t54-/m1/s1. The van der Waals surface area contributed by atoms with Crippen molar-refractivity contribution in [3.8, 4) is 0 Å². The Labute approximate surface area is 391 Å². The summed E-state index contributed by atoms with van der Waals surface area (Å²) in [4.78, 5) is 38.1. The van der Waals surface area contributed by atoms with Crippen LogP contribution in [0.2, 0.25) is 0 Å².